The van der Waals surface area contributed by atoms with Crippen molar-refractivity contribution in [1.29, 1.82) is 0 Å². The summed E-state index contributed by atoms with van der Waals surface area (Å²) >= 11 is 3.66. The van der Waals surface area contributed by atoms with Gasteiger partial charge in [-0.15, -0.1) is 0 Å². The summed E-state index contributed by atoms with van der Waals surface area (Å²) in [7, 11) is 1.72. The molecule has 20 heavy (non-hydrogen) atoms. The van der Waals surface area contributed by atoms with Gasteiger partial charge in [0, 0.05) is 29.7 Å². The fourth-order valence-corrected chi connectivity index (χ4v) is 3.36. The van der Waals surface area contributed by atoms with E-state index >= 15 is 0 Å². The van der Waals surface area contributed by atoms with E-state index in [4.69, 9.17) is 4.74 Å². The van der Waals surface area contributed by atoms with Crippen molar-refractivity contribution in [3.8, 4) is 5.75 Å². The molecule has 0 aromatic heterocycles. The summed E-state index contributed by atoms with van der Waals surface area (Å²) in [4.78, 5) is 2.46. The molecule has 0 radical (unpaired) electrons. The van der Waals surface area contributed by atoms with Crippen LogP contribution in [0.25, 0.3) is 0 Å². The Morgan fingerprint density at radius 2 is 2.25 bits per heavy atom. The van der Waals surface area contributed by atoms with Crippen LogP contribution in [-0.4, -0.2) is 32.8 Å². The molecule has 0 amide bonds. The van der Waals surface area contributed by atoms with E-state index in [-0.39, 0.29) is 0 Å². The third-order valence-corrected chi connectivity index (χ3v) is 4.73. The van der Waals surface area contributed by atoms with Gasteiger partial charge in [-0.1, -0.05) is 13.8 Å². The first-order valence-corrected chi connectivity index (χ1v) is 8.26. The topological polar surface area (TPSA) is 24.5 Å². The smallest absolute Gasteiger partial charge is 0.121 e. The fraction of sp³-hybridized carbons (Fsp3) is 0.625. The molecule has 0 spiro atoms. The normalized spacial score (nSPS) is 22.9. The highest BCUT2D eigenvalue weighted by molar-refractivity contribution is 9.10. The van der Waals surface area contributed by atoms with Crippen LogP contribution in [0.2, 0.25) is 0 Å². The molecule has 1 N–H and O–H groups in total. The van der Waals surface area contributed by atoms with Crippen LogP contribution >= 0.6 is 15.9 Å². The minimum atomic E-state index is 0.649. The minimum Gasteiger partial charge on any atom is -0.497 e. The van der Waals surface area contributed by atoms with E-state index in [1.165, 1.54) is 18.5 Å². The highest BCUT2D eigenvalue weighted by Crippen LogP contribution is 2.33. The van der Waals surface area contributed by atoms with E-state index in [2.05, 4.69) is 52.1 Å². The SMILES string of the molecule is CCCNC1CCN(c2cc(OC)ccc2Br)CC1C. The monoisotopic (exact) mass is 340 g/mol. The van der Waals surface area contributed by atoms with Crippen LogP contribution in [0.4, 0.5) is 5.69 Å². The van der Waals surface area contributed by atoms with Crippen LogP contribution in [0.15, 0.2) is 22.7 Å². The van der Waals surface area contributed by atoms with Crippen LogP contribution in [0.5, 0.6) is 5.75 Å². The molecule has 2 rings (SSSR count). The molecule has 112 valence electrons. The van der Waals surface area contributed by atoms with E-state index in [9.17, 15) is 0 Å². The van der Waals surface area contributed by atoms with Gasteiger partial charge in [-0.2, -0.15) is 0 Å². The highest BCUT2D eigenvalue weighted by atomic mass is 79.9. The zero-order valence-corrected chi connectivity index (χ0v) is 14.2. The molecule has 1 aromatic rings. The molecular formula is C16H25BrN2O. The number of nitrogens with zero attached hydrogens (tertiary/aromatic N) is 1. The van der Waals surface area contributed by atoms with Crippen molar-refractivity contribution in [2.45, 2.75) is 32.7 Å². The van der Waals surface area contributed by atoms with Crippen LogP contribution in [0, 0.1) is 5.92 Å². The first kappa shape index (κ1) is 15.6. The van der Waals surface area contributed by atoms with Crippen molar-refractivity contribution in [2.75, 3.05) is 31.6 Å². The summed E-state index contributed by atoms with van der Waals surface area (Å²) in [5.74, 6) is 1.58. The van der Waals surface area contributed by atoms with Gasteiger partial charge in [-0.05, 0) is 53.4 Å². The zero-order chi connectivity index (χ0) is 14.5. The Morgan fingerprint density at radius 1 is 1.45 bits per heavy atom. The Hall–Kier alpha value is -0.740. The average Bonchev–Trinajstić information content (AvgIpc) is 2.46. The lowest BCUT2D eigenvalue weighted by Gasteiger charge is -2.39. The molecule has 0 saturated carbocycles. The van der Waals surface area contributed by atoms with Crippen LogP contribution in [-0.2, 0) is 0 Å². The van der Waals surface area contributed by atoms with Gasteiger partial charge in [0.25, 0.3) is 0 Å². The lowest BCUT2D eigenvalue weighted by atomic mass is 9.93. The summed E-state index contributed by atoms with van der Waals surface area (Å²) in [5, 5.41) is 3.67. The maximum absolute atomic E-state index is 5.34. The zero-order valence-electron chi connectivity index (χ0n) is 12.7. The Balaban J connectivity index is 2.05. The van der Waals surface area contributed by atoms with E-state index in [0.29, 0.717) is 12.0 Å². The van der Waals surface area contributed by atoms with Crippen molar-refractivity contribution >= 4 is 21.6 Å². The van der Waals surface area contributed by atoms with E-state index < -0.39 is 0 Å². The number of hydrogen-bond acceptors (Lipinski definition) is 3. The number of nitrogens with one attached hydrogen (secondary N) is 1. The largest absolute Gasteiger partial charge is 0.497 e. The summed E-state index contributed by atoms with van der Waals surface area (Å²) in [6, 6.07) is 6.83. The molecule has 0 aliphatic carbocycles. The van der Waals surface area contributed by atoms with Gasteiger partial charge in [-0.3, -0.25) is 0 Å². The first-order valence-electron chi connectivity index (χ1n) is 7.47. The van der Waals surface area contributed by atoms with Gasteiger partial charge in [0.15, 0.2) is 0 Å². The van der Waals surface area contributed by atoms with Crippen LogP contribution in [0.1, 0.15) is 26.7 Å². The maximum Gasteiger partial charge on any atom is 0.121 e. The number of benzene rings is 1. The molecule has 1 saturated heterocycles. The average molecular weight is 341 g/mol. The second-order valence-electron chi connectivity index (χ2n) is 5.59. The molecule has 1 aromatic carbocycles. The quantitative estimate of drug-likeness (QED) is 0.884. The van der Waals surface area contributed by atoms with Gasteiger partial charge in [0.2, 0.25) is 0 Å². The van der Waals surface area contributed by atoms with Gasteiger partial charge in [0.05, 0.1) is 12.8 Å². The van der Waals surface area contributed by atoms with Crippen molar-refractivity contribution in [2.24, 2.45) is 5.92 Å². The molecule has 2 unspecified atom stereocenters. The number of methoxy groups -OCH3 is 1. The van der Waals surface area contributed by atoms with Gasteiger partial charge < -0.3 is 15.0 Å². The lowest BCUT2D eigenvalue weighted by Crippen LogP contribution is -2.48. The van der Waals surface area contributed by atoms with Crippen LogP contribution < -0.4 is 15.0 Å². The molecule has 1 heterocycles. The Labute approximate surface area is 130 Å². The number of rotatable bonds is 5. The second-order valence-corrected chi connectivity index (χ2v) is 6.44. The van der Waals surface area contributed by atoms with E-state index in [0.717, 1.165) is 29.9 Å². The number of anilines is 1. The minimum absolute atomic E-state index is 0.649. The number of ether oxygens (including phenoxy) is 1. The molecule has 1 fully saturated rings. The van der Waals surface area contributed by atoms with Gasteiger partial charge in [-0.25, -0.2) is 0 Å². The standard InChI is InChI=1S/C16H25BrN2O/c1-4-8-18-15-7-9-19(11-12(15)2)16-10-13(20-3)5-6-14(16)17/h5-6,10,12,15,18H,4,7-9,11H2,1-3H3. The van der Waals surface area contributed by atoms with Crippen molar-refractivity contribution in [1.82, 2.24) is 5.32 Å². The molecule has 1 aliphatic rings. The Bertz CT molecular complexity index is 438. The lowest BCUT2D eigenvalue weighted by molar-refractivity contribution is 0.322. The first-order chi connectivity index (χ1) is 9.65. The Morgan fingerprint density at radius 3 is 2.90 bits per heavy atom. The summed E-state index contributed by atoms with van der Waals surface area (Å²) in [6.07, 6.45) is 2.40. The number of hydrogen-bond donors (Lipinski definition) is 1. The molecule has 1 aliphatic heterocycles. The number of halogens is 1. The Kier molecular flexibility index (Phi) is 5.73. The fourth-order valence-electron chi connectivity index (χ4n) is 2.86. The molecule has 3 nitrogen and oxygen atoms in total. The molecule has 4 heteroatoms. The van der Waals surface area contributed by atoms with Gasteiger partial charge in [0.1, 0.15) is 5.75 Å². The van der Waals surface area contributed by atoms with E-state index in [1.54, 1.807) is 7.11 Å². The molecular weight excluding hydrogens is 316 g/mol. The summed E-state index contributed by atoms with van der Waals surface area (Å²) in [5.41, 5.74) is 1.24. The third-order valence-electron chi connectivity index (χ3n) is 4.06. The maximum atomic E-state index is 5.34. The predicted octanol–water partition coefficient (Wildman–Crippen LogP) is 3.67. The molecule has 2 atom stereocenters. The summed E-state index contributed by atoms with van der Waals surface area (Å²) in [6.45, 7) is 7.87. The van der Waals surface area contributed by atoms with Crippen molar-refractivity contribution in [3.05, 3.63) is 22.7 Å². The molecule has 0 bridgehead atoms. The third kappa shape index (κ3) is 3.67. The van der Waals surface area contributed by atoms with Crippen molar-refractivity contribution < 1.29 is 4.74 Å². The van der Waals surface area contributed by atoms with E-state index in [1.807, 2.05) is 6.07 Å². The second kappa shape index (κ2) is 7.32. The van der Waals surface area contributed by atoms with Crippen LogP contribution in [0.3, 0.4) is 0 Å². The summed E-state index contributed by atoms with van der Waals surface area (Å²) < 4.78 is 6.49. The number of piperidine rings is 1. The highest BCUT2D eigenvalue weighted by Gasteiger charge is 2.26. The van der Waals surface area contributed by atoms with Gasteiger partial charge >= 0.3 is 0 Å². The predicted molar refractivity (Wildman–Crippen MR) is 88.8 cm³/mol. The van der Waals surface area contributed by atoms with Crippen molar-refractivity contribution in [3.63, 3.8) is 0 Å².